The molecule has 2 heterocycles. The summed E-state index contributed by atoms with van der Waals surface area (Å²) in [6, 6.07) is 4.51. The molecule has 0 aliphatic heterocycles. The molecule has 0 radical (unpaired) electrons. The molecule has 2 N–H and O–H groups in total. The van der Waals surface area contributed by atoms with Crippen molar-refractivity contribution in [1.82, 2.24) is 30.9 Å². The van der Waals surface area contributed by atoms with Gasteiger partial charge in [-0.15, -0.1) is 10.2 Å². The Bertz CT molecular complexity index is 906. The van der Waals surface area contributed by atoms with Gasteiger partial charge in [-0.1, -0.05) is 0 Å². The van der Waals surface area contributed by atoms with Crippen molar-refractivity contribution < 1.29 is 9.55 Å². The number of nitrogens with one attached hydrogen (secondary N) is 2. The minimum absolute atomic E-state index is 0.0245. The standard InChI is InChI=1S/C10H5N9O3/c11-3-5(10-13-17-18-14-10)4-12-9-7(19(20)21)2-1-6-8(9)16-22-15-6/h1-2,4,12H,(H,13,14,17,18). The third-order valence-electron chi connectivity index (χ3n) is 2.67. The van der Waals surface area contributed by atoms with Gasteiger partial charge in [-0.2, -0.15) is 10.5 Å². The Morgan fingerprint density at radius 3 is 3.05 bits per heavy atom. The molecule has 3 rings (SSSR count). The third-order valence-corrected chi connectivity index (χ3v) is 2.67. The highest BCUT2D eigenvalue weighted by molar-refractivity contribution is 5.93. The van der Waals surface area contributed by atoms with Crippen molar-refractivity contribution in [2.75, 3.05) is 5.32 Å². The summed E-state index contributed by atoms with van der Waals surface area (Å²) in [5.74, 6) is 0.0445. The molecule has 0 fully saturated rings. The lowest BCUT2D eigenvalue weighted by atomic mass is 10.2. The van der Waals surface area contributed by atoms with E-state index in [2.05, 4.69) is 40.9 Å². The predicted octanol–water partition coefficient (Wildman–Crippen LogP) is 0.621. The molecule has 0 aliphatic rings. The number of anilines is 1. The maximum atomic E-state index is 11.1. The summed E-state index contributed by atoms with van der Waals surface area (Å²) in [6.07, 6.45) is 1.21. The molecule has 0 saturated carbocycles. The van der Waals surface area contributed by atoms with Crippen molar-refractivity contribution in [1.29, 1.82) is 5.26 Å². The van der Waals surface area contributed by atoms with E-state index in [9.17, 15) is 10.1 Å². The zero-order valence-electron chi connectivity index (χ0n) is 10.6. The molecule has 0 unspecified atom stereocenters. The highest BCUT2D eigenvalue weighted by Gasteiger charge is 2.20. The molecule has 12 heteroatoms. The monoisotopic (exact) mass is 299 g/mol. The van der Waals surface area contributed by atoms with E-state index < -0.39 is 4.92 Å². The minimum atomic E-state index is -0.593. The molecule has 0 amide bonds. The van der Waals surface area contributed by atoms with Crippen LogP contribution in [-0.2, 0) is 0 Å². The first-order chi connectivity index (χ1) is 10.7. The molecule has 1 aromatic carbocycles. The van der Waals surface area contributed by atoms with Crippen molar-refractivity contribution in [3.05, 3.63) is 34.3 Å². The Labute approximate surface area is 120 Å². The third kappa shape index (κ3) is 2.18. The Balaban J connectivity index is 2.06. The quantitative estimate of drug-likeness (QED) is 0.395. The van der Waals surface area contributed by atoms with E-state index in [1.165, 1.54) is 18.3 Å². The molecular formula is C10H5N9O3. The first kappa shape index (κ1) is 13.1. The number of nitro benzene ring substituents is 1. The van der Waals surface area contributed by atoms with Gasteiger partial charge < -0.3 is 5.32 Å². The van der Waals surface area contributed by atoms with E-state index in [1.54, 1.807) is 0 Å². The van der Waals surface area contributed by atoms with Gasteiger partial charge in [0.2, 0.25) is 5.82 Å². The highest BCUT2D eigenvalue weighted by Crippen LogP contribution is 2.31. The lowest BCUT2D eigenvalue weighted by Crippen LogP contribution is -1.99. The summed E-state index contributed by atoms with van der Waals surface area (Å²) in [4.78, 5) is 10.5. The summed E-state index contributed by atoms with van der Waals surface area (Å²) in [5, 5.41) is 42.9. The molecule has 0 bridgehead atoms. The van der Waals surface area contributed by atoms with Crippen LogP contribution in [0.2, 0.25) is 0 Å². The van der Waals surface area contributed by atoms with Crippen LogP contribution in [0.15, 0.2) is 23.0 Å². The number of allylic oxidation sites excluding steroid dienone is 1. The molecule has 108 valence electrons. The van der Waals surface area contributed by atoms with Crippen molar-refractivity contribution in [3.8, 4) is 6.07 Å². The summed E-state index contributed by atoms with van der Waals surface area (Å²) in [7, 11) is 0. The van der Waals surface area contributed by atoms with Gasteiger partial charge in [0, 0.05) is 12.3 Å². The van der Waals surface area contributed by atoms with Crippen LogP contribution in [0.25, 0.3) is 16.6 Å². The van der Waals surface area contributed by atoms with E-state index in [0.717, 1.165) is 0 Å². The SMILES string of the molecule is N#CC(=CNc1c([N+](=O)[O-])ccc2nonc12)c1nn[nH]n1. The first-order valence-electron chi connectivity index (χ1n) is 5.71. The van der Waals surface area contributed by atoms with Gasteiger partial charge >= 0.3 is 0 Å². The number of hydrogen-bond donors (Lipinski definition) is 2. The number of benzene rings is 1. The minimum Gasteiger partial charge on any atom is -0.353 e. The van der Waals surface area contributed by atoms with Gasteiger partial charge in [-0.3, -0.25) is 10.1 Å². The maximum Gasteiger partial charge on any atom is 0.295 e. The number of nitrogens with zero attached hydrogens (tertiary/aromatic N) is 7. The molecule has 3 aromatic rings. The number of aromatic nitrogens is 6. The largest absolute Gasteiger partial charge is 0.353 e. The first-order valence-corrected chi connectivity index (χ1v) is 5.71. The number of tetrazole rings is 1. The van der Waals surface area contributed by atoms with Gasteiger partial charge in [0.05, 0.1) is 4.92 Å². The van der Waals surface area contributed by atoms with E-state index in [-0.39, 0.29) is 28.3 Å². The summed E-state index contributed by atoms with van der Waals surface area (Å²) >= 11 is 0. The van der Waals surface area contributed by atoms with E-state index in [1.807, 2.05) is 6.07 Å². The number of hydrogen-bond acceptors (Lipinski definition) is 10. The average Bonchev–Trinajstić information content (AvgIpc) is 3.18. The fraction of sp³-hybridized carbons (Fsp3) is 0. The van der Waals surface area contributed by atoms with Crippen LogP contribution in [-0.4, -0.2) is 35.9 Å². The van der Waals surface area contributed by atoms with Crippen LogP contribution in [0.1, 0.15) is 5.82 Å². The number of H-pyrrole nitrogens is 1. The highest BCUT2D eigenvalue weighted by atomic mass is 16.6. The predicted molar refractivity (Wildman–Crippen MR) is 69.8 cm³/mol. The lowest BCUT2D eigenvalue weighted by molar-refractivity contribution is -0.383. The second-order valence-electron chi connectivity index (χ2n) is 3.90. The number of nitro groups is 1. The average molecular weight is 299 g/mol. The van der Waals surface area contributed by atoms with E-state index in [4.69, 9.17) is 5.26 Å². The van der Waals surface area contributed by atoms with Crippen LogP contribution in [0.4, 0.5) is 11.4 Å². The van der Waals surface area contributed by atoms with Gasteiger partial charge in [0.1, 0.15) is 22.8 Å². The molecular weight excluding hydrogens is 294 g/mol. The van der Waals surface area contributed by atoms with Gasteiger partial charge in [0.15, 0.2) is 5.52 Å². The summed E-state index contributed by atoms with van der Waals surface area (Å²) < 4.78 is 4.56. The number of rotatable bonds is 4. The van der Waals surface area contributed by atoms with Crippen molar-refractivity contribution in [2.45, 2.75) is 0 Å². The molecule has 0 spiro atoms. The fourth-order valence-electron chi connectivity index (χ4n) is 1.70. The Hall–Kier alpha value is -3.88. The molecule has 2 aromatic heterocycles. The molecule has 0 saturated heterocycles. The van der Waals surface area contributed by atoms with Crippen LogP contribution >= 0.6 is 0 Å². The van der Waals surface area contributed by atoms with Crippen molar-refractivity contribution >= 4 is 28.0 Å². The van der Waals surface area contributed by atoms with Crippen molar-refractivity contribution in [2.24, 2.45) is 0 Å². The van der Waals surface area contributed by atoms with Crippen LogP contribution in [0.3, 0.4) is 0 Å². The number of fused-ring (bicyclic) bond motifs is 1. The molecule has 0 atom stereocenters. The van der Waals surface area contributed by atoms with Gasteiger partial charge in [-0.25, -0.2) is 4.63 Å². The van der Waals surface area contributed by atoms with E-state index >= 15 is 0 Å². The smallest absolute Gasteiger partial charge is 0.295 e. The zero-order chi connectivity index (χ0) is 15.5. The second-order valence-corrected chi connectivity index (χ2v) is 3.90. The normalized spacial score (nSPS) is 11.3. The lowest BCUT2D eigenvalue weighted by Gasteiger charge is -2.02. The Kier molecular flexibility index (Phi) is 3.13. The van der Waals surface area contributed by atoms with Gasteiger partial charge in [0.25, 0.3) is 5.69 Å². The molecule has 12 nitrogen and oxygen atoms in total. The number of nitriles is 1. The van der Waals surface area contributed by atoms with Crippen molar-refractivity contribution in [3.63, 3.8) is 0 Å². The zero-order valence-corrected chi connectivity index (χ0v) is 10.6. The second kappa shape index (κ2) is 5.25. The molecule has 0 aliphatic carbocycles. The Morgan fingerprint density at radius 2 is 2.36 bits per heavy atom. The topological polar surface area (TPSA) is 172 Å². The summed E-state index contributed by atoms with van der Waals surface area (Å²) in [5.41, 5.74) is 0.316. The van der Waals surface area contributed by atoms with Crippen LogP contribution in [0, 0.1) is 21.4 Å². The van der Waals surface area contributed by atoms with Crippen LogP contribution in [0.5, 0.6) is 0 Å². The summed E-state index contributed by atoms with van der Waals surface area (Å²) in [6.45, 7) is 0. The van der Waals surface area contributed by atoms with Gasteiger partial charge in [-0.05, 0) is 21.6 Å². The Morgan fingerprint density at radius 1 is 1.50 bits per heavy atom. The fourth-order valence-corrected chi connectivity index (χ4v) is 1.70. The number of aromatic amines is 1. The van der Waals surface area contributed by atoms with E-state index in [0.29, 0.717) is 5.52 Å². The maximum absolute atomic E-state index is 11.1. The molecule has 22 heavy (non-hydrogen) atoms. The van der Waals surface area contributed by atoms with Crippen LogP contribution < -0.4 is 5.32 Å².